The van der Waals surface area contributed by atoms with Crippen LogP contribution < -0.4 is 0 Å². The number of carboxylic acid groups (broad SMARTS) is 1. The Balaban J connectivity index is 1.51. The third-order valence-electron chi connectivity index (χ3n) is 7.38. The number of aromatic carboxylic acids is 1. The van der Waals surface area contributed by atoms with Gasteiger partial charge in [0.15, 0.2) is 11.5 Å². The summed E-state index contributed by atoms with van der Waals surface area (Å²) >= 11 is 0. The predicted molar refractivity (Wildman–Crippen MR) is 143 cm³/mol. The first-order valence-corrected chi connectivity index (χ1v) is 13.4. The molecule has 1 N–H and O–H groups in total. The molecule has 2 aromatic carbocycles. The van der Waals surface area contributed by atoms with E-state index in [1.54, 1.807) is 24.3 Å². The van der Waals surface area contributed by atoms with Crippen LogP contribution in [0.5, 0.6) is 0 Å². The van der Waals surface area contributed by atoms with E-state index in [0.717, 1.165) is 22.9 Å². The normalized spacial score (nSPS) is 13.9. The summed E-state index contributed by atoms with van der Waals surface area (Å²) in [5, 5.41) is 13.2. The first-order chi connectivity index (χ1) is 20.0. The molecule has 4 aromatic rings. The zero-order valence-corrected chi connectivity index (χ0v) is 22.3. The van der Waals surface area contributed by atoms with Gasteiger partial charge in [0.1, 0.15) is 11.6 Å². The zero-order chi connectivity index (χ0) is 30.0. The van der Waals surface area contributed by atoms with Crippen molar-refractivity contribution in [1.82, 2.24) is 14.8 Å². The summed E-state index contributed by atoms with van der Waals surface area (Å²) in [6, 6.07) is 12.5. The lowest BCUT2D eigenvalue weighted by atomic mass is 9.86. The number of fused-ring (bicyclic) bond motifs is 1. The van der Waals surface area contributed by atoms with Crippen molar-refractivity contribution in [1.29, 1.82) is 0 Å². The molecular weight excluding hydrogens is 557 g/mol. The number of ketones is 1. The van der Waals surface area contributed by atoms with Gasteiger partial charge in [-0.15, -0.1) is 0 Å². The third kappa shape index (κ3) is 6.40. The van der Waals surface area contributed by atoms with Crippen molar-refractivity contribution < 1.29 is 36.6 Å². The quantitative estimate of drug-likeness (QED) is 0.219. The van der Waals surface area contributed by atoms with Gasteiger partial charge >= 0.3 is 12.1 Å². The molecule has 0 unspecified atom stereocenters. The number of hydrogen-bond acceptors (Lipinski definition) is 4. The number of benzene rings is 2. The highest BCUT2D eigenvalue weighted by atomic mass is 19.4. The van der Waals surface area contributed by atoms with E-state index >= 15 is 0 Å². The van der Waals surface area contributed by atoms with Gasteiger partial charge in [-0.25, -0.2) is 13.6 Å². The monoisotopic (exact) mass is 583 g/mol. The van der Waals surface area contributed by atoms with Gasteiger partial charge in [0.25, 0.3) is 0 Å². The highest BCUT2D eigenvalue weighted by Crippen LogP contribution is 2.37. The van der Waals surface area contributed by atoms with Crippen LogP contribution in [-0.4, -0.2) is 31.6 Å². The lowest BCUT2D eigenvalue weighted by molar-refractivity contribution is -0.142. The summed E-state index contributed by atoms with van der Waals surface area (Å²) in [5.74, 6) is -3.90. The molecule has 0 saturated carbocycles. The number of alkyl halides is 3. The molecule has 1 atom stereocenters. The zero-order valence-electron chi connectivity index (χ0n) is 22.3. The van der Waals surface area contributed by atoms with Crippen molar-refractivity contribution in [2.24, 2.45) is 0 Å². The minimum Gasteiger partial charge on any atom is -0.478 e. The smallest absolute Gasteiger partial charge is 0.435 e. The van der Waals surface area contributed by atoms with Crippen LogP contribution in [-0.2, 0) is 36.8 Å². The van der Waals surface area contributed by atoms with Gasteiger partial charge in [-0.3, -0.25) is 14.5 Å². The van der Waals surface area contributed by atoms with E-state index in [4.69, 9.17) is 0 Å². The summed E-state index contributed by atoms with van der Waals surface area (Å²) in [6.07, 6.45) is -1.47. The number of carbonyl (C=O) groups is 2. The average molecular weight is 584 g/mol. The minimum absolute atomic E-state index is 0.00588. The van der Waals surface area contributed by atoms with E-state index in [-0.39, 0.29) is 36.0 Å². The van der Waals surface area contributed by atoms with Crippen molar-refractivity contribution in [3.63, 3.8) is 0 Å². The van der Waals surface area contributed by atoms with E-state index in [2.05, 4.69) is 10.1 Å². The van der Waals surface area contributed by atoms with Crippen LogP contribution in [0.1, 0.15) is 63.7 Å². The third-order valence-corrected chi connectivity index (χ3v) is 7.38. The fourth-order valence-corrected chi connectivity index (χ4v) is 5.62. The summed E-state index contributed by atoms with van der Waals surface area (Å²) in [6.45, 7) is -0.400. The first kappa shape index (κ1) is 29.1. The van der Waals surface area contributed by atoms with Gasteiger partial charge in [-0.2, -0.15) is 18.3 Å². The molecule has 6 nitrogen and oxygen atoms in total. The van der Waals surface area contributed by atoms with E-state index in [1.807, 2.05) is 0 Å². The van der Waals surface area contributed by atoms with E-state index in [0.29, 0.717) is 41.8 Å². The van der Waals surface area contributed by atoms with Crippen molar-refractivity contribution >= 4 is 11.8 Å². The van der Waals surface area contributed by atoms with Crippen LogP contribution in [0.15, 0.2) is 60.8 Å². The molecular formula is C31H26F5N3O3. The Labute approximate surface area is 237 Å². The van der Waals surface area contributed by atoms with Crippen LogP contribution in [0, 0.1) is 11.6 Å². The Hall–Kier alpha value is -4.41. The van der Waals surface area contributed by atoms with Crippen LogP contribution in [0.3, 0.4) is 0 Å². The number of carbonyl (C=O) groups excluding carboxylic acids is 1. The molecule has 0 radical (unpaired) electrons. The first-order valence-electron chi connectivity index (χ1n) is 13.4. The fourth-order valence-electron chi connectivity index (χ4n) is 5.62. The number of Topliss-reactive ketones (excluding diaryl/α,β-unsaturated/α-hetero) is 1. The lowest BCUT2D eigenvalue weighted by Gasteiger charge is -2.20. The molecule has 1 aliphatic rings. The van der Waals surface area contributed by atoms with E-state index in [1.165, 1.54) is 18.3 Å². The highest BCUT2D eigenvalue weighted by Gasteiger charge is 2.39. The predicted octanol–water partition coefficient (Wildman–Crippen LogP) is 6.80. The number of pyridine rings is 1. The van der Waals surface area contributed by atoms with Crippen molar-refractivity contribution in [2.45, 2.75) is 57.2 Å². The number of rotatable bonds is 9. The number of aromatic nitrogens is 3. The van der Waals surface area contributed by atoms with Crippen LogP contribution >= 0.6 is 0 Å². The second-order valence-electron chi connectivity index (χ2n) is 10.4. The molecule has 42 heavy (non-hydrogen) atoms. The molecule has 1 aliphatic carbocycles. The van der Waals surface area contributed by atoms with Gasteiger partial charge in [0.2, 0.25) is 0 Å². The Bertz CT molecular complexity index is 1630. The molecule has 0 saturated heterocycles. The average Bonchev–Trinajstić information content (AvgIpc) is 3.31. The Morgan fingerprint density at radius 2 is 1.71 bits per heavy atom. The Morgan fingerprint density at radius 3 is 2.43 bits per heavy atom. The number of carboxylic acids is 1. The molecule has 2 heterocycles. The Kier molecular flexibility index (Phi) is 8.20. The van der Waals surface area contributed by atoms with Crippen LogP contribution in [0.25, 0.3) is 11.1 Å². The number of nitrogens with zero attached hydrogens (tertiary/aromatic N) is 3. The summed E-state index contributed by atoms with van der Waals surface area (Å²) in [5.41, 5.74) is 1.26. The molecule has 5 rings (SSSR count). The van der Waals surface area contributed by atoms with Crippen molar-refractivity contribution in [2.75, 3.05) is 0 Å². The molecule has 218 valence electrons. The van der Waals surface area contributed by atoms with Crippen molar-refractivity contribution in [3.05, 3.63) is 106 Å². The minimum atomic E-state index is -4.65. The van der Waals surface area contributed by atoms with Crippen LogP contribution in [0.4, 0.5) is 22.0 Å². The molecule has 0 amide bonds. The van der Waals surface area contributed by atoms with Crippen molar-refractivity contribution in [3.8, 4) is 11.1 Å². The number of halogens is 5. The lowest BCUT2D eigenvalue weighted by Crippen LogP contribution is -2.19. The van der Waals surface area contributed by atoms with E-state index < -0.39 is 47.7 Å². The topological polar surface area (TPSA) is 85.1 Å². The maximum atomic E-state index is 14.1. The van der Waals surface area contributed by atoms with Gasteiger partial charge in [-0.1, -0.05) is 18.2 Å². The summed E-state index contributed by atoms with van der Waals surface area (Å²) in [4.78, 5) is 29.5. The fraction of sp³-hybridized carbons (Fsp3) is 0.290. The second kappa shape index (κ2) is 11.8. The SMILES string of the molecule is O=C(C[C@@H](Cc1cc(F)cc(F)c1)c1ncccc1-c1cccc(C(=O)O)c1)Cn1nc(C(F)(F)F)c2c1CCCC2. The number of hydrogen-bond donors (Lipinski definition) is 1. The van der Waals surface area contributed by atoms with E-state index in [9.17, 15) is 36.6 Å². The Morgan fingerprint density at radius 1 is 0.976 bits per heavy atom. The van der Waals surface area contributed by atoms with Gasteiger partial charge in [0, 0.05) is 41.4 Å². The largest absolute Gasteiger partial charge is 0.478 e. The van der Waals surface area contributed by atoms with Gasteiger partial charge in [0.05, 0.1) is 17.8 Å². The molecule has 0 aliphatic heterocycles. The molecule has 2 aromatic heterocycles. The summed E-state index contributed by atoms with van der Waals surface area (Å²) in [7, 11) is 0. The van der Waals surface area contributed by atoms with Gasteiger partial charge in [-0.05, 0) is 73.6 Å². The summed E-state index contributed by atoms with van der Waals surface area (Å²) < 4.78 is 70.3. The molecule has 0 bridgehead atoms. The maximum Gasteiger partial charge on any atom is 0.435 e. The molecule has 11 heteroatoms. The second-order valence-corrected chi connectivity index (χ2v) is 10.4. The molecule has 0 spiro atoms. The van der Waals surface area contributed by atoms with Crippen LogP contribution in [0.2, 0.25) is 0 Å². The maximum absolute atomic E-state index is 14.1. The standard InChI is InChI=1S/C31H26F5N3O3/c32-22-12-18(13-23(33)16-22)11-21(28-25(8-4-10-37-28)19-5-3-6-20(14-19)30(41)42)15-24(40)17-39-27-9-2-1-7-26(27)29(38-39)31(34,35)36/h3-6,8,10,12-14,16,21H,1-2,7,9,11,15,17H2,(H,41,42)/t21-/m1/s1. The van der Waals surface area contributed by atoms with Gasteiger partial charge < -0.3 is 5.11 Å². The molecule has 0 fully saturated rings. The highest BCUT2D eigenvalue weighted by molar-refractivity contribution is 5.89.